The van der Waals surface area contributed by atoms with Crippen LogP contribution in [0.3, 0.4) is 0 Å². The van der Waals surface area contributed by atoms with Crippen LogP contribution in [0, 0.1) is 5.92 Å². The number of hydrogen-bond donors (Lipinski definition) is 3. The highest BCUT2D eigenvalue weighted by Crippen LogP contribution is 2.16. The van der Waals surface area contributed by atoms with Crippen molar-refractivity contribution < 1.29 is 9.59 Å². The Bertz CT molecular complexity index is 791. The van der Waals surface area contributed by atoms with E-state index in [1.165, 1.54) is 0 Å². The molecule has 0 aliphatic carbocycles. The maximum absolute atomic E-state index is 12.2. The van der Waals surface area contributed by atoms with E-state index in [0.29, 0.717) is 30.6 Å². The number of benzene rings is 2. The summed E-state index contributed by atoms with van der Waals surface area (Å²) >= 11 is 5.16. The molecule has 0 atom stereocenters. The fraction of sp³-hybridized carbons (Fsp3) is 0.286. The summed E-state index contributed by atoms with van der Waals surface area (Å²) < 4.78 is 0. The van der Waals surface area contributed by atoms with Crippen molar-refractivity contribution in [2.24, 2.45) is 5.92 Å². The second-order valence-corrected chi connectivity index (χ2v) is 7.12. The number of thiocarbonyl (C=S) groups is 1. The number of aryl methyl sites for hydroxylation is 1. The van der Waals surface area contributed by atoms with Crippen molar-refractivity contribution in [3.05, 3.63) is 60.2 Å². The minimum Gasteiger partial charge on any atom is -0.332 e. The summed E-state index contributed by atoms with van der Waals surface area (Å²) in [5.74, 6) is 0.0962. The van der Waals surface area contributed by atoms with Crippen molar-refractivity contribution in [3.8, 4) is 0 Å². The first-order valence-electron chi connectivity index (χ1n) is 8.97. The average Bonchev–Trinajstić information content (AvgIpc) is 2.60. The molecule has 2 aromatic carbocycles. The predicted octanol–water partition coefficient (Wildman–Crippen LogP) is 4.12. The van der Waals surface area contributed by atoms with Gasteiger partial charge in [0.25, 0.3) is 0 Å². The van der Waals surface area contributed by atoms with E-state index in [4.69, 9.17) is 12.2 Å². The lowest BCUT2D eigenvalue weighted by Crippen LogP contribution is -2.34. The van der Waals surface area contributed by atoms with Crippen LogP contribution in [0.25, 0.3) is 0 Å². The number of hydrogen-bond acceptors (Lipinski definition) is 3. The Morgan fingerprint density at radius 2 is 1.59 bits per heavy atom. The normalized spacial score (nSPS) is 10.3. The quantitative estimate of drug-likeness (QED) is 0.629. The third-order valence-corrected chi connectivity index (χ3v) is 3.94. The van der Waals surface area contributed by atoms with Gasteiger partial charge in [-0.25, -0.2) is 0 Å². The first kappa shape index (κ1) is 20.6. The molecule has 0 radical (unpaired) electrons. The number of amides is 2. The monoisotopic (exact) mass is 383 g/mol. The molecule has 27 heavy (non-hydrogen) atoms. The zero-order valence-electron chi connectivity index (χ0n) is 15.6. The van der Waals surface area contributed by atoms with Gasteiger partial charge in [-0.1, -0.05) is 50.2 Å². The standard InChI is InChI=1S/C21H25N3O2S/c1-15(2)13-20(26)24-21(27)23-18-10-6-9-17(14-18)22-19(25)12-11-16-7-4-3-5-8-16/h3-10,14-15H,11-13H2,1-2H3,(H,22,25)(H2,23,24,26,27). The van der Waals surface area contributed by atoms with Gasteiger partial charge >= 0.3 is 0 Å². The summed E-state index contributed by atoms with van der Waals surface area (Å²) in [5.41, 5.74) is 2.51. The fourth-order valence-electron chi connectivity index (χ4n) is 2.51. The third-order valence-electron chi connectivity index (χ3n) is 3.73. The van der Waals surface area contributed by atoms with Gasteiger partial charge in [-0.15, -0.1) is 0 Å². The molecular formula is C21H25N3O2S. The smallest absolute Gasteiger partial charge is 0.226 e. The minimum absolute atomic E-state index is 0.0520. The van der Waals surface area contributed by atoms with Gasteiger partial charge in [0.05, 0.1) is 0 Å². The van der Waals surface area contributed by atoms with Gasteiger partial charge in [-0.2, -0.15) is 0 Å². The molecule has 6 heteroatoms. The lowest BCUT2D eigenvalue weighted by Gasteiger charge is -2.12. The van der Waals surface area contributed by atoms with Crippen molar-refractivity contribution in [2.75, 3.05) is 10.6 Å². The number of carbonyl (C=O) groups is 2. The highest BCUT2D eigenvalue weighted by molar-refractivity contribution is 7.80. The molecule has 5 nitrogen and oxygen atoms in total. The number of rotatable bonds is 7. The molecule has 142 valence electrons. The average molecular weight is 384 g/mol. The second kappa shape index (κ2) is 10.4. The Morgan fingerprint density at radius 3 is 2.26 bits per heavy atom. The van der Waals surface area contributed by atoms with E-state index < -0.39 is 0 Å². The summed E-state index contributed by atoms with van der Waals surface area (Å²) in [5, 5.41) is 8.75. The van der Waals surface area contributed by atoms with Gasteiger partial charge in [0.15, 0.2) is 5.11 Å². The van der Waals surface area contributed by atoms with Crippen LogP contribution in [0.1, 0.15) is 32.3 Å². The Kier molecular flexibility index (Phi) is 7.95. The van der Waals surface area contributed by atoms with Crippen molar-refractivity contribution in [1.82, 2.24) is 5.32 Å². The molecule has 3 N–H and O–H groups in total. The zero-order chi connectivity index (χ0) is 19.6. The summed E-state index contributed by atoms with van der Waals surface area (Å²) in [6.07, 6.45) is 1.52. The Labute approximate surface area is 165 Å². The van der Waals surface area contributed by atoms with E-state index in [-0.39, 0.29) is 22.8 Å². The molecule has 2 amide bonds. The Hall–Kier alpha value is -2.73. The van der Waals surface area contributed by atoms with Crippen molar-refractivity contribution in [2.45, 2.75) is 33.1 Å². The SMILES string of the molecule is CC(C)CC(=O)NC(=S)Nc1cccc(NC(=O)CCc2ccccc2)c1. The summed E-state index contributed by atoms with van der Waals surface area (Å²) in [6.45, 7) is 3.94. The maximum Gasteiger partial charge on any atom is 0.226 e. The van der Waals surface area contributed by atoms with Crippen LogP contribution in [-0.4, -0.2) is 16.9 Å². The molecule has 0 heterocycles. The van der Waals surface area contributed by atoms with E-state index in [1.54, 1.807) is 6.07 Å². The van der Waals surface area contributed by atoms with E-state index in [9.17, 15) is 9.59 Å². The molecule has 2 rings (SSSR count). The lowest BCUT2D eigenvalue weighted by atomic mass is 10.1. The Morgan fingerprint density at radius 1 is 0.926 bits per heavy atom. The first-order valence-corrected chi connectivity index (χ1v) is 9.38. The van der Waals surface area contributed by atoms with E-state index in [1.807, 2.05) is 62.4 Å². The van der Waals surface area contributed by atoms with Crippen LogP contribution in [0.15, 0.2) is 54.6 Å². The molecule has 0 aliphatic heterocycles. The topological polar surface area (TPSA) is 70.2 Å². The van der Waals surface area contributed by atoms with E-state index in [2.05, 4.69) is 16.0 Å². The highest BCUT2D eigenvalue weighted by atomic mass is 32.1. The zero-order valence-corrected chi connectivity index (χ0v) is 16.4. The van der Waals surface area contributed by atoms with Gasteiger partial charge in [-0.05, 0) is 48.3 Å². The molecule has 0 bridgehead atoms. The maximum atomic E-state index is 12.2. The van der Waals surface area contributed by atoms with Crippen LogP contribution >= 0.6 is 12.2 Å². The van der Waals surface area contributed by atoms with Crippen LogP contribution in [0.2, 0.25) is 0 Å². The summed E-state index contributed by atoms with van der Waals surface area (Å²) in [4.78, 5) is 23.9. The second-order valence-electron chi connectivity index (χ2n) is 6.71. The van der Waals surface area contributed by atoms with Gasteiger partial charge in [0, 0.05) is 24.2 Å². The number of nitrogens with one attached hydrogen (secondary N) is 3. The molecule has 0 spiro atoms. The Balaban J connectivity index is 1.84. The van der Waals surface area contributed by atoms with Crippen LogP contribution in [-0.2, 0) is 16.0 Å². The highest BCUT2D eigenvalue weighted by Gasteiger charge is 2.08. The fourth-order valence-corrected chi connectivity index (χ4v) is 2.74. The van der Waals surface area contributed by atoms with Crippen molar-refractivity contribution in [1.29, 1.82) is 0 Å². The molecule has 0 unspecified atom stereocenters. The summed E-state index contributed by atoms with van der Waals surface area (Å²) in [6, 6.07) is 17.1. The van der Waals surface area contributed by atoms with Crippen molar-refractivity contribution >= 4 is 40.5 Å². The first-order chi connectivity index (χ1) is 12.9. The van der Waals surface area contributed by atoms with Crippen LogP contribution in [0.4, 0.5) is 11.4 Å². The largest absolute Gasteiger partial charge is 0.332 e. The van der Waals surface area contributed by atoms with Crippen molar-refractivity contribution in [3.63, 3.8) is 0 Å². The summed E-state index contributed by atoms with van der Waals surface area (Å²) in [7, 11) is 0. The van der Waals surface area contributed by atoms with Gasteiger partial charge in [0.1, 0.15) is 0 Å². The molecule has 2 aromatic rings. The molecule has 0 saturated heterocycles. The molecule has 0 fully saturated rings. The number of carbonyl (C=O) groups excluding carboxylic acids is 2. The predicted molar refractivity (Wildman–Crippen MR) is 114 cm³/mol. The van der Waals surface area contributed by atoms with Crippen LogP contribution in [0.5, 0.6) is 0 Å². The molecule has 0 aliphatic rings. The van der Waals surface area contributed by atoms with E-state index in [0.717, 1.165) is 5.56 Å². The number of anilines is 2. The molecule has 0 saturated carbocycles. The lowest BCUT2D eigenvalue weighted by molar-refractivity contribution is -0.120. The van der Waals surface area contributed by atoms with Gasteiger partial charge < -0.3 is 16.0 Å². The minimum atomic E-state index is -0.118. The third kappa shape index (κ3) is 8.00. The van der Waals surface area contributed by atoms with Gasteiger partial charge in [-0.3, -0.25) is 9.59 Å². The van der Waals surface area contributed by atoms with Crippen LogP contribution < -0.4 is 16.0 Å². The molecular weight excluding hydrogens is 358 g/mol. The molecule has 0 aromatic heterocycles. The van der Waals surface area contributed by atoms with E-state index >= 15 is 0 Å². The van der Waals surface area contributed by atoms with Gasteiger partial charge in [0.2, 0.25) is 11.8 Å².